The largest absolute Gasteiger partial charge is 0.481 e. The van der Waals surface area contributed by atoms with Crippen LogP contribution in [-0.2, 0) is 9.53 Å². The fourth-order valence-corrected chi connectivity index (χ4v) is 2.35. The Morgan fingerprint density at radius 3 is 2.09 bits per heavy atom. The van der Waals surface area contributed by atoms with E-state index in [9.17, 15) is 19.8 Å². The molecule has 6 nitrogen and oxygen atoms in total. The van der Waals surface area contributed by atoms with Crippen LogP contribution in [-0.4, -0.2) is 40.5 Å². The number of carboxylic acid groups (broad SMARTS) is 1. The van der Waals surface area contributed by atoms with E-state index in [4.69, 9.17) is 4.74 Å². The van der Waals surface area contributed by atoms with E-state index in [0.29, 0.717) is 19.3 Å². The number of nitrogens with one attached hydrogen (secondary N) is 1. The van der Waals surface area contributed by atoms with Crippen molar-refractivity contribution < 1.29 is 24.5 Å². The number of aliphatic hydroxyl groups is 1. The Kier molecular flexibility index (Phi) is 7.87. The van der Waals surface area contributed by atoms with Gasteiger partial charge in [-0.25, -0.2) is 4.79 Å². The Morgan fingerprint density at radius 2 is 1.73 bits per heavy atom. The van der Waals surface area contributed by atoms with Crippen molar-refractivity contribution in [1.29, 1.82) is 0 Å². The average Bonchev–Trinajstić information content (AvgIpc) is 2.29. The van der Waals surface area contributed by atoms with Crippen molar-refractivity contribution in [3.63, 3.8) is 0 Å². The number of rotatable bonds is 8. The highest BCUT2D eigenvalue weighted by Gasteiger charge is 2.39. The number of carbonyl (C=O) groups is 2. The van der Waals surface area contributed by atoms with Crippen molar-refractivity contribution >= 4 is 12.1 Å². The number of ether oxygens (including phenoxy) is 1. The van der Waals surface area contributed by atoms with Crippen LogP contribution >= 0.6 is 0 Å². The minimum Gasteiger partial charge on any atom is -0.481 e. The van der Waals surface area contributed by atoms with Gasteiger partial charge in [-0.15, -0.1) is 0 Å². The van der Waals surface area contributed by atoms with E-state index in [1.54, 1.807) is 27.7 Å². The molecule has 0 aromatic rings. The van der Waals surface area contributed by atoms with Gasteiger partial charge in [-0.1, -0.05) is 13.8 Å². The van der Waals surface area contributed by atoms with Gasteiger partial charge in [0.25, 0.3) is 0 Å². The first-order valence-electron chi connectivity index (χ1n) is 7.76. The molecule has 22 heavy (non-hydrogen) atoms. The third-order valence-electron chi connectivity index (χ3n) is 3.26. The lowest BCUT2D eigenvalue weighted by Crippen LogP contribution is -2.45. The third-order valence-corrected chi connectivity index (χ3v) is 3.26. The summed E-state index contributed by atoms with van der Waals surface area (Å²) in [5.74, 6) is -0.802. The molecule has 0 fully saturated rings. The molecule has 6 heteroatoms. The van der Waals surface area contributed by atoms with E-state index in [1.807, 2.05) is 13.8 Å². The molecule has 0 rings (SSSR count). The van der Waals surface area contributed by atoms with Gasteiger partial charge in [0, 0.05) is 6.54 Å². The monoisotopic (exact) mass is 317 g/mol. The molecule has 0 saturated heterocycles. The Labute approximate surface area is 133 Å². The van der Waals surface area contributed by atoms with Crippen molar-refractivity contribution in [3.05, 3.63) is 0 Å². The number of aliphatic hydroxyl groups excluding tert-OH is 1. The molecular weight excluding hydrogens is 286 g/mol. The average molecular weight is 317 g/mol. The molecule has 0 aliphatic carbocycles. The van der Waals surface area contributed by atoms with Crippen molar-refractivity contribution in [2.24, 2.45) is 11.3 Å². The van der Waals surface area contributed by atoms with Crippen LogP contribution in [0.25, 0.3) is 0 Å². The molecule has 0 saturated carbocycles. The highest BCUT2D eigenvalue weighted by molar-refractivity contribution is 5.76. The first-order valence-corrected chi connectivity index (χ1v) is 7.76. The number of carboxylic acids is 1. The topological polar surface area (TPSA) is 95.9 Å². The SMILES string of the molecule is CC(C)CC(CCC(C)O)(CNC(=O)OC(C)(C)C)C(=O)O. The van der Waals surface area contributed by atoms with Crippen LogP contribution < -0.4 is 5.32 Å². The van der Waals surface area contributed by atoms with E-state index in [2.05, 4.69) is 5.32 Å². The summed E-state index contributed by atoms with van der Waals surface area (Å²) in [6.45, 7) is 10.7. The molecule has 1 amide bonds. The minimum atomic E-state index is -1.10. The van der Waals surface area contributed by atoms with Gasteiger partial charge in [-0.05, 0) is 52.9 Å². The van der Waals surface area contributed by atoms with Crippen LogP contribution in [0.5, 0.6) is 0 Å². The molecule has 0 aromatic carbocycles. The normalized spacial score (nSPS) is 16.0. The maximum atomic E-state index is 11.8. The van der Waals surface area contributed by atoms with Gasteiger partial charge in [0.2, 0.25) is 0 Å². The molecule has 0 bridgehead atoms. The van der Waals surface area contributed by atoms with E-state index in [1.165, 1.54) is 0 Å². The summed E-state index contributed by atoms with van der Waals surface area (Å²) in [7, 11) is 0. The lowest BCUT2D eigenvalue weighted by Gasteiger charge is -2.32. The fourth-order valence-electron chi connectivity index (χ4n) is 2.35. The summed E-state index contributed by atoms with van der Waals surface area (Å²) in [4.78, 5) is 23.6. The highest BCUT2D eigenvalue weighted by Crippen LogP contribution is 2.32. The van der Waals surface area contributed by atoms with Crippen molar-refractivity contribution in [3.8, 4) is 0 Å². The fraction of sp³-hybridized carbons (Fsp3) is 0.875. The minimum absolute atomic E-state index is 0.0118. The van der Waals surface area contributed by atoms with E-state index in [0.717, 1.165) is 0 Å². The smallest absolute Gasteiger partial charge is 0.407 e. The second-order valence-electron chi connectivity index (χ2n) is 7.43. The summed E-state index contributed by atoms with van der Waals surface area (Å²) in [5.41, 5.74) is -1.73. The number of hydrogen-bond donors (Lipinski definition) is 3. The summed E-state index contributed by atoms with van der Waals surface area (Å²) in [6, 6.07) is 0. The van der Waals surface area contributed by atoms with Crippen LogP contribution in [0.3, 0.4) is 0 Å². The van der Waals surface area contributed by atoms with Gasteiger partial charge in [0.15, 0.2) is 0 Å². The predicted octanol–water partition coefficient (Wildman–Crippen LogP) is 2.79. The van der Waals surface area contributed by atoms with Gasteiger partial charge in [0.1, 0.15) is 5.60 Å². The second-order valence-corrected chi connectivity index (χ2v) is 7.43. The van der Waals surface area contributed by atoms with Gasteiger partial charge in [-0.3, -0.25) is 4.79 Å². The van der Waals surface area contributed by atoms with Crippen molar-refractivity contribution in [2.45, 2.75) is 72.5 Å². The quantitative estimate of drug-likeness (QED) is 0.640. The summed E-state index contributed by atoms with van der Waals surface area (Å²) in [5, 5.41) is 21.7. The van der Waals surface area contributed by atoms with Gasteiger partial charge >= 0.3 is 12.1 Å². The summed E-state index contributed by atoms with van der Waals surface area (Å²) >= 11 is 0. The van der Waals surface area contributed by atoms with Crippen molar-refractivity contribution in [2.75, 3.05) is 6.54 Å². The number of amides is 1. The molecule has 0 aromatic heterocycles. The van der Waals surface area contributed by atoms with Gasteiger partial charge < -0.3 is 20.3 Å². The Morgan fingerprint density at radius 1 is 1.18 bits per heavy atom. The van der Waals surface area contributed by atoms with Crippen LogP contribution in [0.2, 0.25) is 0 Å². The number of carbonyl (C=O) groups excluding carboxylic acids is 1. The molecule has 2 atom stereocenters. The zero-order chi connectivity index (χ0) is 17.6. The van der Waals surface area contributed by atoms with E-state index < -0.39 is 29.2 Å². The molecular formula is C16H31NO5. The number of aliphatic carboxylic acids is 1. The molecule has 130 valence electrons. The van der Waals surface area contributed by atoms with E-state index in [-0.39, 0.29) is 12.5 Å². The van der Waals surface area contributed by atoms with Crippen LogP contribution in [0.15, 0.2) is 0 Å². The van der Waals surface area contributed by atoms with Crippen LogP contribution in [0.4, 0.5) is 4.79 Å². The molecule has 0 aliphatic heterocycles. The molecule has 0 radical (unpaired) electrons. The van der Waals surface area contributed by atoms with Gasteiger partial charge in [0.05, 0.1) is 11.5 Å². The predicted molar refractivity (Wildman–Crippen MR) is 84.7 cm³/mol. The highest BCUT2D eigenvalue weighted by atomic mass is 16.6. The molecule has 0 spiro atoms. The first-order chi connectivity index (χ1) is 9.88. The third kappa shape index (κ3) is 8.22. The maximum Gasteiger partial charge on any atom is 0.407 e. The van der Waals surface area contributed by atoms with Crippen LogP contribution in [0.1, 0.15) is 60.8 Å². The molecule has 0 aliphatic rings. The van der Waals surface area contributed by atoms with Gasteiger partial charge in [-0.2, -0.15) is 0 Å². The molecule has 0 heterocycles. The molecule has 3 N–H and O–H groups in total. The molecule has 2 unspecified atom stereocenters. The van der Waals surface area contributed by atoms with Crippen LogP contribution in [0, 0.1) is 11.3 Å². The van der Waals surface area contributed by atoms with E-state index >= 15 is 0 Å². The maximum absolute atomic E-state index is 11.8. The standard InChI is InChI=1S/C16H31NO5/c1-11(2)9-16(13(19)20,8-7-12(3)18)10-17-14(21)22-15(4,5)6/h11-12,18H,7-10H2,1-6H3,(H,17,21)(H,19,20). The Bertz CT molecular complexity index is 373. The lowest BCUT2D eigenvalue weighted by atomic mass is 9.75. The first kappa shape index (κ1) is 20.7. The summed E-state index contributed by atoms with van der Waals surface area (Å²) < 4.78 is 5.15. The lowest BCUT2D eigenvalue weighted by molar-refractivity contribution is -0.150. The zero-order valence-electron chi connectivity index (χ0n) is 14.6. The Hall–Kier alpha value is -1.30. The second kappa shape index (κ2) is 8.36. The number of hydrogen-bond acceptors (Lipinski definition) is 4. The van der Waals surface area contributed by atoms with Crippen molar-refractivity contribution in [1.82, 2.24) is 5.32 Å². The Balaban J connectivity index is 4.97. The number of alkyl carbamates (subject to hydrolysis) is 1. The summed E-state index contributed by atoms with van der Waals surface area (Å²) in [6.07, 6.45) is -0.111. The zero-order valence-corrected chi connectivity index (χ0v) is 14.6.